The summed E-state index contributed by atoms with van der Waals surface area (Å²) < 4.78 is 0.845. The Kier molecular flexibility index (Phi) is 1.43. The van der Waals surface area contributed by atoms with E-state index in [-0.39, 0.29) is 0 Å². The van der Waals surface area contributed by atoms with Crippen molar-refractivity contribution in [2.75, 3.05) is 0 Å². The summed E-state index contributed by atoms with van der Waals surface area (Å²) in [5.41, 5.74) is 2.35. The van der Waals surface area contributed by atoms with Crippen molar-refractivity contribution in [1.82, 2.24) is 4.98 Å². The summed E-state index contributed by atoms with van der Waals surface area (Å²) in [6.45, 7) is 1.90. The van der Waals surface area contributed by atoms with Crippen molar-refractivity contribution < 1.29 is 4.73 Å². The molecule has 0 aliphatic carbocycles. The first kappa shape index (κ1) is 7.03. The molecule has 0 bridgehead atoms. The molecular weight excluding hydrogens is 152 g/mol. The summed E-state index contributed by atoms with van der Waals surface area (Å²) in [4.78, 5) is 4.08. The molecule has 2 aromatic rings. The van der Waals surface area contributed by atoms with E-state index in [0.717, 1.165) is 15.8 Å². The zero-order chi connectivity index (χ0) is 8.55. The van der Waals surface area contributed by atoms with Crippen molar-refractivity contribution in [2.24, 2.45) is 0 Å². The molecule has 0 atom stereocenters. The van der Waals surface area contributed by atoms with Crippen LogP contribution in [0.25, 0.3) is 11.0 Å². The number of para-hydroxylation sites is 1. The number of benzene rings is 1. The fraction of sp³-hybridized carbons (Fsp3) is 0.111. The van der Waals surface area contributed by atoms with Crippen molar-refractivity contribution in [2.45, 2.75) is 6.92 Å². The van der Waals surface area contributed by atoms with Crippen LogP contribution in [0, 0.1) is 12.1 Å². The van der Waals surface area contributed by atoms with Crippen LogP contribution in [0.2, 0.25) is 0 Å². The van der Waals surface area contributed by atoms with Crippen LogP contribution in [0.4, 0.5) is 0 Å². The van der Waals surface area contributed by atoms with Crippen LogP contribution in [-0.2, 0) is 0 Å². The van der Waals surface area contributed by atoms with Gasteiger partial charge in [0.05, 0.1) is 6.20 Å². The largest absolute Gasteiger partial charge is 0.618 e. The number of nitrogens with zero attached hydrogens (tertiary/aromatic N) is 2. The van der Waals surface area contributed by atoms with Gasteiger partial charge in [-0.15, -0.1) is 0 Å². The molecular formula is C9H8N2O. The van der Waals surface area contributed by atoms with Gasteiger partial charge in [0.15, 0.2) is 6.20 Å². The van der Waals surface area contributed by atoms with Crippen molar-refractivity contribution in [1.29, 1.82) is 0 Å². The number of hydrogen-bond donors (Lipinski definition) is 0. The summed E-state index contributed by atoms with van der Waals surface area (Å²) in [5.74, 6) is 0. The maximum atomic E-state index is 11.3. The second-order valence-electron chi connectivity index (χ2n) is 2.70. The van der Waals surface area contributed by atoms with Crippen molar-refractivity contribution >= 4 is 11.0 Å². The van der Waals surface area contributed by atoms with Crippen molar-refractivity contribution in [3.8, 4) is 0 Å². The Hall–Kier alpha value is -1.64. The maximum absolute atomic E-state index is 11.3. The van der Waals surface area contributed by atoms with E-state index in [1.54, 1.807) is 0 Å². The van der Waals surface area contributed by atoms with E-state index in [1.807, 2.05) is 25.1 Å². The average Bonchev–Trinajstić information content (AvgIpc) is 2.04. The summed E-state index contributed by atoms with van der Waals surface area (Å²) >= 11 is 0. The highest BCUT2D eigenvalue weighted by Crippen LogP contribution is 2.10. The zero-order valence-electron chi connectivity index (χ0n) is 6.69. The Balaban J connectivity index is 2.96. The Bertz CT molecular complexity index is 389. The van der Waals surface area contributed by atoms with Crippen LogP contribution >= 0.6 is 0 Å². The average molecular weight is 160 g/mol. The molecule has 12 heavy (non-hydrogen) atoms. The van der Waals surface area contributed by atoms with E-state index < -0.39 is 0 Å². The highest BCUT2D eigenvalue weighted by atomic mass is 16.5. The zero-order valence-corrected chi connectivity index (χ0v) is 6.69. The molecule has 0 aliphatic rings. The number of fused-ring (bicyclic) bond motifs is 1. The monoisotopic (exact) mass is 160 g/mol. The summed E-state index contributed by atoms with van der Waals surface area (Å²) in [5, 5.41) is 11.3. The van der Waals surface area contributed by atoms with Crippen LogP contribution in [0.5, 0.6) is 0 Å². The van der Waals surface area contributed by atoms with E-state index in [4.69, 9.17) is 0 Å². The molecule has 3 nitrogen and oxygen atoms in total. The number of hydrogen-bond acceptors (Lipinski definition) is 2. The molecule has 0 fully saturated rings. The van der Waals surface area contributed by atoms with Gasteiger partial charge >= 0.3 is 0 Å². The SMILES string of the molecule is Cc1cccc2ncc[n+]([O-])c12. The first-order valence-electron chi connectivity index (χ1n) is 3.72. The predicted molar refractivity (Wildman–Crippen MR) is 45.4 cm³/mol. The van der Waals surface area contributed by atoms with Crippen LogP contribution in [0.1, 0.15) is 5.56 Å². The topological polar surface area (TPSA) is 39.8 Å². The third-order valence-corrected chi connectivity index (χ3v) is 1.85. The minimum absolute atomic E-state index is 0.653. The predicted octanol–water partition coefficient (Wildman–Crippen LogP) is 1.18. The highest BCUT2D eigenvalue weighted by molar-refractivity contribution is 5.74. The Labute approximate surface area is 69.9 Å². The van der Waals surface area contributed by atoms with E-state index in [9.17, 15) is 5.21 Å². The van der Waals surface area contributed by atoms with E-state index >= 15 is 0 Å². The summed E-state index contributed by atoms with van der Waals surface area (Å²) in [7, 11) is 0. The van der Waals surface area contributed by atoms with Crippen LogP contribution < -0.4 is 4.73 Å². The molecule has 1 aromatic heterocycles. The lowest BCUT2D eigenvalue weighted by atomic mass is 10.2. The van der Waals surface area contributed by atoms with Gasteiger partial charge in [0.25, 0.3) is 0 Å². The van der Waals surface area contributed by atoms with Crippen LogP contribution in [-0.4, -0.2) is 4.98 Å². The maximum Gasteiger partial charge on any atom is 0.245 e. The van der Waals surface area contributed by atoms with Crippen LogP contribution in [0.3, 0.4) is 0 Å². The molecule has 1 heterocycles. The van der Waals surface area contributed by atoms with E-state index in [0.29, 0.717) is 5.52 Å². The first-order chi connectivity index (χ1) is 5.79. The third-order valence-electron chi connectivity index (χ3n) is 1.85. The molecule has 0 spiro atoms. The minimum atomic E-state index is 0.653. The Morgan fingerprint density at radius 3 is 3.00 bits per heavy atom. The highest BCUT2D eigenvalue weighted by Gasteiger charge is 2.05. The second kappa shape index (κ2) is 2.44. The quantitative estimate of drug-likeness (QED) is 0.428. The lowest BCUT2D eigenvalue weighted by molar-refractivity contribution is -0.577. The second-order valence-corrected chi connectivity index (χ2v) is 2.70. The van der Waals surface area contributed by atoms with Gasteiger partial charge in [-0.2, -0.15) is 4.73 Å². The lowest BCUT2D eigenvalue weighted by Gasteiger charge is -2.01. The minimum Gasteiger partial charge on any atom is -0.618 e. The molecule has 0 saturated carbocycles. The molecule has 60 valence electrons. The summed E-state index contributed by atoms with van der Waals surface area (Å²) in [6.07, 6.45) is 2.92. The fourth-order valence-electron chi connectivity index (χ4n) is 1.28. The normalized spacial score (nSPS) is 10.4. The lowest BCUT2D eigenvalue weighted by Crippen LogP contribution is -2.27. The van der Waals surface area contributed by atoms with Crippen LogP contribution in [0.15, 0.2) is 30.6 Å². The third kappa shape index (κ3) is 0.906. The standard InChI is InChI=1S/C9H8N2O/c1-7-3-2-4-8-9(7)11(12)6-5-10-8/h2-6H,1H3. The molecule has 3 heteroatoms. The van der Waals surface area contributed by atoms with Gasteiger partial charge in [0, 0.05) is 5.56 Å². The molecule has 0 N–H and O–H groups in total. The molecule has 0 aliphatic heterocycles. The molecule has 0 radical (unpaired) electrons. The van der Waals surface area contributed by atoms with Gasteiger partial charge in [0.2, 0.25) is 5.52 Å². The summed E-state index contributed by atoms with van der Waals surface area (Å²) in [6, 6.07) is 5.62. The van der Waals surface area contributed by atoms with Gasteiger partial charge in [-0.1, -0.05) is 12.1 Å². The molecule has 0 amide bonds. The molecule has 1 aromatic carbocycles. The molecule has 2 rings (SSSR count). The van der Waals surface area contributed by atoms with Gasteiger partial charge in [-0.3, -0.25) is 0 Å². The Morgan fingerprint density at radius 1 is 1.42 bits per heavy atom. The van der Waals surface area contributed by atoms with E-state index in [2.05, 4.69) is 4.98 Å². The smallest absolute Gasteiger partial charge is 0.245 e. The van der Waals surface area contributed by atoms with Gasteiger partial charge in [-0.05, 0) is 13.0 Å². The number of aryl methyl sites for hydroxylation is 1. The van der Waals surface area contributed by atoms with Gasteiger partial charge in [0.1, 0.15) is 5.52 Å². The van der Waals surface area contributed by atoms with E-state index in [1.165, 1.54) is 12.4 Å². The first-order valence-corrected chi connectivity index (χ1v) is 3.72. The van der Waals surface area contributed by atoms with Gasteiger partial charge < -0.3 is 5.21 Å². The van der Waals surface area contributed by atoms with Crippen molar-refractivity contribution in [3.05, 3.63) is 41.4 Å². The molecule has 0 saturated heterocycles. The number of rotatable bonds is 0. The molecule has 0 unspecified atom stereocenters. The van der Waals surface area contributed by atoms with Crippen molar-refractivity contribution in [3.63, 3.8) is 0 Å². The fourth-order valence-corrected chi connectivity index (χ4v) is 1.28. The Morgan fingerprint density at radius 2 is 2.25 bits per heavy atom. The number of aromatic nitrogens is 2. The van der Waals surface area contributed by atoms with Gasteiger partial charge in [-0.25, -0.2) is 4.98 Å².